The van der Waals surface area contributed by atoms with E-state index in [1.165, 1.54) is 6.20 Å². The fourth-order valence-corrected chi connectivity index (χ4v) is 3.00. The first-order valence-corrected chi connectivity index (χ1v) is 8.16. The van der Waals surface area contributed by atoms with Gasteiger partial charge in [-0.2, -0.15) is 5.10 Å². The zero-order valence-corrected chi connectivity index (χ0v) is 12.8. The molecule has 0 saturated carbocycles. The largest absolute Gasteiger partial charge is 0.360 e. The Morgan fingerprint density at radius 2 is 2.19 bits per heavy atom. The number of hydrogen-bond acceptors (Lipinski definition) is 6. The summed E-state index contributed by atoms with van der Waals surface area (Å²) in [7, 11) is -3.70. The average molecular weight is 313 g/mol. The van der Waals surface area contributed by atoms with Gasteiger partial charge in [0.2, 0.25) is 0 Å². The molecule has 0 aliphatic heterocycles. The van der Waals surface area contributed by atoms with E-state index in [1.807, 2.05) is 6.92 Å². The van der Waals surface area contributed by atoms with Gasteiger partial charge in [-0.3, -0.25) is 5.10 Å². The molecule has 0 unspecified atom stereocenters. The minimum Gasteiger partial charge on any atom is -0.360 e. The molecule has 0 radical (unpaired) electrons. The van der Waals surface area contributed by atoms with Gasteiger partial charge in [0.05, 0.1) is 12.7 Å². The van der Waals surface area contributed by atoms with Crippen LogP contribution < -0.4 is 10.0 Å². The van der Waals surface area contributed by atoms with Crippen molar-refractivity contribution in [3.63, 3.8) is 0 Å². The number of H-pyrrole nitrogens is 1. The smallest absolute Gasteiger partial charge is 0.260 e. The van der Waals surface area contributed by atoms with Crippen molar-refractivity contribution in [2.24, 2.45) is 0 Å². The Bertz CT molecular complexity index is 663. The minimum absolute atomic E-state index is 0.0168. The molecule has 0 atom stereocenters. The molecule has 2 rings (SSSR count). The van der Waals surface area contributed by atoms with Gasteiger partial charge in [0.1, 0.15) is 0 Å². The maximum Gasteiger partial charge on any atom is 0.260 e. The molecule has 21 heavy (non-hydrogen) atoms. The van der Waals surface area contributed by atoms with Crippen LogP contribution in [-0.2, 0) is 23.1 Å². The molecule has 116 valence electrons. The first-order valence-electron chi connectivity index (χ1n) is 6.68. The van der Waals surface area contributed by atoms with E-state index in [9.17, 15) is 8.42 Å². The molecule has 0 saturated heterocycles. The summed E-state index contributed by atoms with van der Waals surface area (Å²) < 4.78 is 31.9. The summed E-state index contributed by atoms with van der Waals surface area (Å²) in [6.07, 6.45) is 2.44. The van der Waals surface area contributed by atoms with E-state index in [4.69, 9.17) is 4.52 Å². The third kappa shape index (κ3) is 3.90. The molecule has 8 nitrogen and oxygen atoms in total. The van der Waals surface area contributed by atoms with Gasteiger partial charge < -0.3 is 9.84 Å². The third-order valence-electron chi connectivity index (χ3n) is 2.95. The molecule has 0 bridgehead atoms. The Morgan fingerprint density at radius 3 is 2.86 bits per heavy atom. The first kappa shape index (κ1) is 15.7. The average Bonchev–Trinajstić information content (AvgIpc) is 3.08. The van der Waals surface area contributed by atoms with Gasteiger partial charge in [-0.15, -0.1) is 0 Å². The zero-order chi connectivity index (χ0) is 15.3. The van der Waals surface area contributed by atoms with Crippen LogP contribution in [0.3, 0.4) is 0 Å². The lowest BCUT2D eigenvalue weighted by molar-refractivity contribution is 0.380. The van der Waals surface area contributed by atoms with Crippen LogP contribution in [0.25, 0.3) is 0 Å². The Kier molecular flexibility index (Phi) is 5.10. The summed E-state index contributed by atoms with van der Waals surface area (Å²) in [6, 6.07) is 1.60. The molecular weight excluding hydrogens is 294 g/mol. The van der Waals surface area contributed by atoms with E-state index < -0.39 is 10.0 Å². The van der Waals surface area contributed by atoms with Crippen LogP contribution in [0, 0.1) is 6.92 Å². The number of rotatable bonds is 8. The minimum atomic E-state index is -3.70. The van der Waals surface area contributed by atoms with Crippen LogP contribution >= 0.6 is 0 Å². The normalized spacial score (nSPS) is 11.9. The Labute approximate surface area is 123 Å². The molecule has 0 aliphatic carbocycles. The van der Waals surface area contributed by atoms with E-state index in [0.717, 1.165) is 18.7 Å². The van der Waals surface area contributed by atoms with Crippen molar-refractivity contribution in [2.45, 2.75) is 38.4 Å². The van der Waals surface area contributed by atoms with E-state index in [-0.39, 0.29) is 11.6 Å². The van der Waals surface area contributed by atoms with Crippen molar-refractivity contribution in [1.29, 1.82) is 0 Å². The Morgan fingerprint density at radius 1 is 1.38 bits per heavy atom. The molecule has 9 heteroatoms. The molecule has 0 spiro atoms. The lowest BCUT2D eigenvalue weighted by atomic mass is 10.2. The third-order valence-corrected chi connectivity index (χ3v) is 4.32. The van der Waals surface area contributed by atoms with Gasteiger partial charge in [-0.05, 0) is 19.9 Å². The second-order valence-electron chi connectivity index (χ2n) is 4.61. The topological polar surface area (TPSA) is 113 Å². The number of aryl methyl sites for hydroxylation is 1. The van der Waals surface area contributed by atoms with Gasteiger partial charge in [0.25, 0.3) is 10.0 Å². The molecule has 2 aromatic heterocycles. The van der Waals surface area contributed by atoms with E-state index in [0.29, 0.717) is 17.9 Å². The molecule has 3 N–H and O–H groups in total. The molecule has 0 fully saturated rings. The second kappa shape index (κ2) is 6.83. The van der Waals surface area contributed by atoms with Crippen LogP contribution in [0.15, 0.2) is 21.8 Å². The summed E-state index contributed by atoms with van der Waals surface area (Å²) in [5, 5.41) is 13.3. The second-order valence-corrected chi connectivity index (χ2v) is 6.29. The zero-order valence-electron chi connectivity index (χ0n) is 12.0. The number of nitrogens with zero attached hydrogens (tertiary/aromatic N) is 2. The van der Waals surface area contributed by atoms with Crippen LogP contribution in [0.1, 0.15) is 30.4 Å². The van der Waals surface area contributed by atoms with Crippen molar-refractivity contribution in [1.82, 2.24) is 25.4 Å². The van der Waals surface area contributed by atoms with Crippen LogP contribution in [0.5, 0.6) is 0 Å². The van der Waals surface area contributed by atoms with Crippen molar-refractivity contribution in [3.05, 3.63) is 29.3 Å². The fourth-order valence-electron chi connectivity index (χ4n) is 1.82. The molecule has 0 aromatic carbocycles. The maximum atomic E-state index is 12.3. The van der Waals surface area contributed by atoms with Crippen molar-refractivity contribution >= 4 is 10.0 Å². The number of aromatic nitrogens is 3. The molecule has 0 aliphatic rings. The SMILES string of the molecule is CCCNCc1c(S(=O)(=O)NCc2ccno2)n[nH]c1C. The predicted octanol–water partition coefficient (Wildman–Crippen LogP) is 0.684. The van der Waals surface area contributed by atoms with E-state index in [1.54, 1.807) is 13.0 Å². The van der Waals surface area contributed by atoms with Crippen LogP contribution in [-0.4, -0.2) is 30.3 Å². The predicted molar refractivity (Wildman–Crippen MR) is 75.9 cm³/mol. The van der Waals surface area contributed by atoms with Gasteiger partial charge in [-0.25, -0.2) is 13.1 Å². The number of hydrogen-bond donors (Lipinski definition) is 3. The van der Waals surface area contributed by atoms with E-state index in [2.05, 4.69) is 25.4 Å². The monoisotopic (exact) mass is 313 g/mol. The highest BCUT2D eigenvalue weighted by molar-refractivity contribution is 7.89. The quantitative estimate of drug-likeness (QED) is 0.618. The van der Waals surface area contributed by atoms with Crippen molar-refractivity contribution in [2.75, 3.05) is 6.54 Å². The highest BCUT2D eigenvalue weighted by atomic mass is 32.2. The summed E-state index contributed by atoms with van der Waals surface area (Å²) in [4.78, 5) is 0. The van der Waals surface area contributed by atoms with Gasteiger partial charge in [0.15, 0.2) is 10.8 Å². The lowest BCUT2D eigenvalue weighted by Gasteiger charge is -2.07. The molecular formula is C12H19N5O3S. The highest BCUT2D eigenvalue weighted by Crippen LogP contribution is 2.16. The van der Waals surface area contributed by atoms with Crippen LogP contribution in [0.4, 0.5) is 0 Å². The maximum absolute atomic E-state index is 12.3. The standard InChI is InChI=1S/C12H19N5O3S/c1-3-5-13-8-11-9(2)16-17-12(11)21(18,19)15-7-10-4-6-14-20-10/h4,6,13,15H,3,5,7-8H2,1-2H3,(H,16,17). The highest BCUT2D eigenvalue weighted by Gasteiger charge is 2.23. The fraction of sp³-hybridized carbons (Fsp3) is 0.500. The van der Waals surface area contributed by atoms with Crippen molar-refractivity contribution < 1.29 is 12.9 Å². The van der Waals surface area contributed by atoms with Gasteiger partial charge >= 0.3 is 0 Å². The summed E-state index contributed by atoms with van der Waals surface area (Å²) in [5.74, 6) is 0.441. The van der Waals surface area contributed by atoms with Crippen molar-refractivity contribution in [3.8, 4) is 0 Å². The molecule has 2 heterocycles. The first-order chi connectivity index (χ1) is 10.0. The number of nitrogens with one attached hydrogen (secondary N) is 3. The number of aromatic amines is 1. The van der Waals surface area contributed by atoms with E-state index >= 15 is 0 Å². The lowest BCUT2D eigenvalue weighted by Crippen LogP contribution is -2.25. The molecule has 2 aromatic rings. The van der Waals surface area contributed by atoms with Crippen LogP contribution in [0.2, 0.25) is 0 Å². The van der Waals surface area contributed by atoms with Gasteiger partial charge in [0, 0.05) is 23.9 Å². The molecule has 0 amide bonds. The summed E-state index contributed by atoms with van der Waals surface area (Å²) >= 11 is 0. The summed E-state index contributed by atoms with van der Waals surface area (Å²) in [6.45, 7) is 5.15. The Hall–Kier alpha value is -1.71. The van der Waals surface area contributed by atoms with Gasteiger partial charge in [-0.1, -0.05) is 12.1 Å². The summed E-state index contributed by atoms with van der Waals surface area (Å²) in [5.41, 5.74) is 1.38. The number of sulfonamides is 1. The Balaban J connectivity index is 2.11.